The van der Waals surface area contributed by atoms with E-state index >= 15 is 0 Å². The number of rotatable bonds is 9. The topological polar surface area (TPSA) is 95.6 Å². The standard InChI is InChI=1S/C25H28F2N4O2.CH5N/c26-21-11-19(12-22(27)13-21)14-28-25-16-31(15-20(25)17-33)29-23-1-3-24(4-2-23)30-8-5-18(6-9-30)7-10-32;1-2/h1-4,11-13,15-18,28-29,32H,5-10,14H2;2H2,1H3. The van der Waals surface area contributed by atoms with Crippen LogP contribution in [-0.2, 0) is 6.54 Å². The van der Waals surface area contributed by atoms with Crippen molar-refractivity contribution in [3.05, 3.63) is 77.6 Å². The van der Waals surface area contributed by atoms with Crippen LogP contribution >= 0.6 is 0 Å². The van der Waals surface area contributed by atoms with Gasteiger partial charge in [0.05, 0.1) is 23.1 Å². The van der Waals surface area contributed by atoms with Crippen molar-refractivity contribution in [3.8, 4) is 0 Å². The second-order valence-corrected chi connectivity index (χ2v) is 8.38. The van der Waals surface area contributed by atoms with E-state index in [-0.39, 0.29) is 13.2 Å². The van der Waals surface area contributed by atoms with Crippen LogP contribution in [0.2, 0.25) is 0 Å². The molecule has 0 unspecified atom stereocenters. The molecular formula is C26H33F2N5O2. The van der Waals surface area contributed by atoms with Gasteiger partial charge in [-0.3, -0.25) is 14.9 Å². The molecule has 9 heteroatoms. The first kappa shape index (κ1) is 26.2. The predicted molar refractivity (Wildman–Crippen MR) is 136 cm³/mol. The zero-order chi connectivity index (χ0) is 25.2. The summed E-state index contributed by atoms with van der Waals surface area (Å²) in [5.74, 6) is -0.671. The van der Waals surface area contributed by atoms with E-state index in [9.17, 15) is 13.6 Å². The van der Waals surface area contributed by atoms with Crippen LogP contribution in [0.15, 0.2) is 54.9 Å². The molecule has 1 aliphatic rings. The molecule has 5 N–H and O–H groups in total. The molecule has 0 atom stereocenters. The zero-order valence-electron chi connectivity index (χ0n) is 19.9. The van der Waals surface area contributed by atoms with Gasteiger partial charge in [0, 0.05) is 44.2 Å². The normalized spacial score (nSPS) is 13.7. The summed E-state index contributed by atoms with van der Waals surface area (Å²) in [6.07, 6.45) is 7.18. The first-order chi connectivity index (χ1) is 17.0. The second-order valence-electron chi connectivity index (χ2n) is 8.38. The smallest absolute Gasteiger partial charge is 0.153 e. The lowest BCUT2D eigenvalue weighted by Crippen LogP contribution is -2.33. The fraction of sp³-hybridized carbons (Fsp3) is 0.346. The molecule has 0 radical (unpaired) electrons. The maximum Gasteiger partial charge on any atom is 0.153 e. The maximum atomic E-state index is 13.4. The fourth-order valence-corrected chi connectivity index (χ4v) is 4.25. The van der Waals surface area contributed by atoms with Crippen molar-refractivity contribution in [1.29, 1.82) is 0 Å². The number of carbonyl (C=O) groups is 1. The number of benzene rings is 2. The number of hydrogen-bond donors (Lipinski definition) is 4. The monoisotopic (exact) mass is 485 g/mol. The molecule has 1 aliphatic heterocycles. The van der Waals surface area contributed by atoms with Crippen LogP contribution in [0.4, 0.5) is 25.8 Å². The first-order valence-electron chi connectivity index (χ1n) is 11.7. The van der Waals surface area contributed by atoms with E-state index in [4.69, 9.17) is 5.11 Å². The molecule has 1 fully saturated rings. The van der Waals surface area contributed by atoms with Crippen LogP contribution in [0.1, 0.15) is 35.2 Å². The Morgan fingerprint density at radius 2 is 1.71 bits per heavy atom. The molecule has 0 amide bonds. The molecule has 0 spiro atoms. The van der Waals surface area contributed by atoms with Gasteiger partial charge in [-0.15, -0.1) is 0 Å². The Balaban J connectivity index is 0.00000167. The summed E-state index contributed by atoms with van der Waals surface area (Å²) in [6.45, 7) is 2.42. The lowest BCUT2D eigenvalue weighted by atomic mass is 9.93. The molecule has 1 saturated heterocycles. The molecule has 2 aromatic carbocycles. The molecule has 1 aromatic heterocycles. The number of halogens is 2. The largest absolute Gasteiger partial charge is 0.396 e. The number of nitrogens with zero attached hydrogens (tertiary/aromatic N) is 2. The third kappa shape index (κ3) is 7.27. The van der Waals surface area contributed by atoms with Crippen molar-refractivity contribution >= 4 is 23.3 Å². The van der Waals surface area contributed by atoms with Gasteiger partial charge in [-0.25, -0.2) is 8.78 Å². The number of piperidine rings is 1. The number of aldehydes is 1. The lowest BCUT2D eigenvalue weighted by molar-refractivity contribution is 0.112. The number of carbonyl (C=O) groups excluding carboxylic acids is 1. The number of anilines is 3. The molecule has 3 aromatic rings. The van der Waals surface area contributed by atoms with E-state index in [1.807, 2.05) is 12.1 Å². The van der Waals surface area contributed by atoms with Gasteiger partial charge >= 0.3 is 0 Å². The highest BCUT2D eigenvalue weighted by Gasteiger charge is 2.19. The fourth-order valence-electron chi connectivity index (χ4n) is 4.25. The Morgan fingerprint density at radius 3 is 2.31 bits per heavy atom. The summed E-state index contributed by atoms with van der Waals surface area (Å²) < 4.78 is 28.5. The number of aromatic nitrogens is 1. The number of hydrogen-bond acceptors (Lipinski definition) is 6. The molecule has 0 saturated carbocycles. The number of aliphatic hydroxyl groups excluding tert-OH is 1. The zero-order valence-corrected chi connectivity index (χ0v) is 19.9. The van der Waals surface area contributed by atoms with Crippen molar-refractivity contribution in [1.82, 2.24) is 4.68 Å². The first-order valence-corrected chi connectivity index (χ1v) is 11.7. The molecular weight excluding hydrogens is 452 g/mol. The van der Waals surface area contributed by atoms with Crippen molar-refractivity contribution in [3.63, 3.8) is 0 Å². The Morgan fingerprint density at radius 1 is 1.06 bits per heavy atom. The Hall–Kier alpha value is -3.43. The van der Waals surface area contributed by atoms with Crippen LogP contribution in [-0.4, -0.2) is 42.8 Å². The van der Waals surface area contributed by atoms with Gasteiger partial charge in [0.1, 0.15) is 11.6 Å². The SMILES string of the molecule is CN.O=Cc1cn(Nc2ccc(N3CCC(CCO)CC3)cc2)cc1NCc1cc(F)cc(F)c1. The van der Waals surface area contributed by atoms with Gasteiger partial charge in [-0.1, -0.05) is 0 Å². The minimum absolute atomic E-state index is 0.184. The molecule has 7 nitrogen and oxygen atoms in total. The summed E-state index contributed by atoms with van der Waals surface area (Å²) in [7, 11) is 1.50. The minimum atomic E-state index is -0.639. The van der Waals surface area contributed by atoms with Gasteiger partial charge in [0.2, 0.25) is 0 Å². The number of aliphatic hydroxyl groups is 1. The van der Waals surface area contributed by atoms with Gasteiger partial charge in [-0.05, 0) is 74.2 Å². The van der Waals surface area contributed by atoms with Gasteiger partial charge in [-0.2, -0.15) is 0 Å². The highest BCUT2D eigenvalue weighted by molar-refractivity contribution is 5.84. The second kappa shape index (κ2) is 12.9. The Labute approximate surface area is 204 Å². The average molecular weight is 486 g/mol. The van der Waals surface area contributed by atoms with Crippen LogP contribution in [0.3, 0.4) is 0 Å². The summed E-state index contributed by atoms with van der Waals surface area (Å²) in [5.41, 5.74) is 11.2. The van der Waals surface area contributed by atoms with E-state index in [1.165, 1.54) is 19.2 Å². The third-order valence-electron chi connectivity index (χ3n) is 6.03. The van der Waals surface area contributed by atoms with Crippen molar-refractivity contribution < 1.29 is 18.7 Å². The van der Waals surface area contributed by atoms with Crippen LogP contribution < -0.4 is 21.4 Å². The molecule has 0 aliphatic carbocycles. The van der Waals surface area contributed by atoms with E-state index in [1.54, 1.807) is 17.1 Å². The highest BCUT2D eigenvalue weighted by atomic mass is 19.1. The molecule has 0 bridgehead atoms. The average Bonchev–Trinajstić information content (AvgIpc) is 3.26. The third-order valence-corrected chi connectivity index (χ3v) is 6.03. The summed E-state index contributed by atoms with van der Waals surface area (Å²) >= 11 is 0. The maximum absolute atomic E-state index is 13.4. The van der Waals surface area contributed by atoms with Crippen molar-refractivity contribution in [2.45, 2.75) is 25.8 Å². The van der Waals surface area contributed by atoms with E-state index in [0.717, 1.165) is 56.1 Å². The van der Waals surface area contributed by atoms with Crippen molar-refractivity contribution in [2.24, 2.45) is 11.7 Å². The summed E-state index contributed by atoms with van der Waals surface area (Å²) in [5, 5.41) is 12.2. The predicted octanol–water partition coefficient (Wildman–Crippen LogP) is 4.24. The molecule has 4 rings (SSSR count). The minimum Gasteiger partial charge on any atom is -0.396 e. The van der Waals surface area contributed by atoms with Gasteiger partial charge in [0.25, 0.3) is 0 Å². The molecule has 188 valence electrons. The molecule has 2 heterocycles. The Kier molecular flexibility index (Phi) is 9.63. The highest BCUT2D eigenvalue weighted by Crippen LogP contribution is 2.26. The lowest BCUT2D eigenvalue weighted by Gasteiger charge is -2.33. The van der Waals surface area contributed by atoms with Gasteiger partial charge in [0.15, 0.2) is 6.29 Å². The van der Waals surface area contributed by atoms with E-state index in [0.29, 0.717) is 22.7 Å². The summed E-state index contributed by atoms with van der Waals surface area (Å²) in [4.78, 5) is 13.8. The number of nitrogens with one attached hydrogen (secondary N) is 2. The van der Waals surface area contributed by atoms with Crippen molar-refractivity contribution in [2.75, 3.05) is 42.4 Å². The van der Waals surface area contributed by atoms with Crippen LogP contribution in [0.5, 0.6) is 0 Å². The Bertz CT molecular complexity index is 1060. The van der Waals surface area contributed by atoms with Gasteiger partial charge < -0.3 is 21.1 Å². The van der Waals surface area contributed by atoms with Crippen LogP contribution in [0.25, 0.3) is 0 Å². The molecule has 35 heavy (non-hydrogen) atoms. The quantitative estimate of drug-likeness (QED) is 0.339. The van der Waals surface area contributed by atoms with E-state index in [2.05, 4.69) is 33.5 Å². The van der Waals surface area contributed by atoms with E-state index < -0.39 is 11.6 Å². The van der Waals surface area contributed by atoms with Crippen LogP contribution in [0, 0.1) is 17.6 Å². The number of nitrogens with two attached hydrogens (primary N) is 1. The summed E-state index contributed by atoms with van der Waals surface area (Å²) in [6, 6.07) is 11.4.